The van der Waals surface area contributed by atoms with Gasteiger partial charge in [-0.05, 0) is 26.0 Å². The Kier molecular flexibility index (Phi) is 4.05. The number of hydrogen-bond donors (Lipinski definition) is 2. The number of nitrogens with zero attached hydrogens (tertiary/aromatic N) is 1. The van der Waals surface area contributed by atoms with E-state index in [1.165, 1.54) is 0 Å². The molecule has 4 nitrogen and oxygen atoms in total. The molecular weight excluding hydrogens is 216 g/mol. The summed E-state index contributed by atoms with van der Waals surface area (Å²) in [5, 5.41) is 12.0. The van der Waals surface area contributed by atoms with Gasteiger partial charge in [0, 0.05) is 6.54 Å². The molecule has 0 saturated heterocycles. The molecule has 0 bridgehead atoms. The van der Waals surface area contributed by atoms with Gasteiger partial charge in [0.05, 0.1) is 17.4 Å². The van der Waals surface area contributed by atoms with E-state index in [-0.39, 0.29) is 12.5 Å². The molecule has 0 aliphatic heterocycles. The van der Waals surface area contributed by atoms with E-state index in [2.05, 4.69) is 10.3 Å². The van der Waals surface area contributed by atoms with Crippen molar-refractivity contribution in [2.45, 2.75) is 20.0 Å². The van der Waals surface area contributed by atoms with E-state index in [0.717, 1.165) is 0 Å². The lowest BCUT2D eigenvalue weighted by atomic mass is 10.2. The Morgan fingerprint density at radius 3 is 2.87 bits per heavy atom. The van der Waals surface area contributed by atoms with Gasteiger partial charge < -0.3 is 10.4 Å². The molecule has 0 radical (unpaired) electrons. The highest BCUT2D eigenvalue weighted by Gasteiger charge is 2.10. The smallest absolute Gasteiger partial charge is 0.253 e. The molecule has 0 aromatic carbocycles. The van der Waals surface area contributed by atoms with Crippen LogP contribution in [0.5, 0.6) is 0 Å². The highest BCUT2D eigenvalue weighted by molar-refractivity contribution is 6.29. The van der Waals surface area contributed by atoms with E-state index in [4.69, 9.17) is 16.7 Å². The van der Waals surface area contributed by atoms with Gasteiger partial charge in [-0.1, -0.05) is 11.6 Å². The van der Waals surface area contributed by atoms with Crippen LogP contribution in [0.1, 0.15) is 23.0 Å². The van der Waals surface area contributed by atoms with Gasteiger partial charge in [0.1, 0.15) is 5.15 Å². The molecule has 1 rings (SSSR count). The molecule has 0 spiro atoms. The Morgan fingerprint density at radius 1 is 1.67 bits per heavy atom. The zero-order valence-corrected chi connectivity index (χ0v) is 9.38. The van der Waals surface area contributed by atoms with Crippen molar-refractivity contribution in [3.63, 3.8) is 0 Å². The highest BCUT2D eigenvalue weighted by atomic mass is 35.5. The second kappa shape index (κ2) is 5.09. The molecule has 0 saturated carbocycles. The minimum atomic E-state index is -0.561. The van der Waals surface area contributed by atoms with Crippen LogP contribution in [0, 0.1) is 6.92 Å². The Balaban J connectivity index is 2.74. The fourth-order valence-corrected chi connectivity index (χ4v) is 1.30. The summed E-state index contributed by atoms with van der Waals surface area (Å²) in [7, 11) is 0. The second-order valence-electron chi connectivity index (χ2n) is 3.33. The largest absolute Gasteiger partial charge is 0.392 e. The number of aliphatic hydroxyl groups is 1. The molecule has 0 aliphatic carbocycles. The predicted octanol–water partition coefficient (Wildman–Crippen LogP) is 1.15. The lowest BCUT2D eigenvalue weighted by Crippen LogP contribution is -2.31. The van der Waals surface area contributed by atoms with Crippen LogP contribution in [-0.4, -0.2) is 28.6 Å². The maximum Gasteiger partial charge on any atom is 0.253 e. The van der Waals surface area contributed by atoms with Crippen molar-refractivity contribution in [3.05, 3.63) is 28.5 Å². The molecule has 1 aromatic rings. The highest BCUT2D eigenvalue weighted by Crippen LogP contribution is 2.10. The summed E-state index contributed by atoms with van der Waals surface area (Å²) in [4.78, 5) is 15.5. The first-order chi connectivity index (χ1) is 7.00. The van der Waals surface area contributed by atoms with E-state index in [0.29, 0.717) is 16.4 Å². The Hall–Kier alpha value is -1.13. The zero-order chi connectivity index (χ0) is 11.4. The monoisotopic (exact) mass is 228 g/mol. The summed E-state index contributed by atoms with van der Waals surface area (Å²) in [5.74, 6) is -0.252. The molecule has 1 aromatic heterocycles. The van der Waals surface area contributed by atoms with Gasteiger partial charge in [0.15, 0.2) is 0 Å². The van der Waals surface area contributed by atoms with Crippen molar-refractivity contribution in [2.75, 3.05) is 6.54 Å². The maximum atomic E-state index is 11.6. The number of carbonyl (C=O) groups is 1. The average molecular weight is 229 g/mol. The van der Waals surface area contributed by atoms with Crippen LogP contribution in [-0.2, 0) is 0 Å². The normalized spacial score (nSPS) is 12.3. The topological polar surface area (TPSA) is 62.2 Å². The Labute approximate surface area is 93.3 Å². The van der Waals surface area contributed by atoms with E-state index in [1.54, 1.807) is 26.0 Å². The molecule has 1 unspecified atom stereocenters. The molecule has 15 heavy (non-hydrogen) atoms. The fraction of sp³-hybridized carbons (Fsp3) is 0.400. The van der Waals surface area contributed by atoms with Gasteiger partial charge in [-0.3, -0.25) is 4.79 Å². The molecule has 1 amide bonds. The number of aryl methyl sites for hydroxylation is 1. The Morgan fingerprint density at radius 2 is 2.33 bits per heavy atom. The van der Waals surface area contributed by atoms with E-state index in [1.807, 2.05) is 0 Å². The quantitative estimate of drug-likeness (QED) is 0.763. The van der Waals surface area contributed by atoms with Crippen molar-refractivity contribution in [3.8, 4) is 0 Å². The molecule has 1 atom stereocenters. The number of carbonyl (C=O) groups excluding carboxylic acids is 1. The predicted molar refractivity (Wildman–Crippen MR) is 58.0 cm³/mol. The van der Waals surface area contributed by atoms with Crippen LogP contribution in [0.15, 0.2) is 12.1 Å². The number of pyridine rings is 1. The second-order valence-corrected chi connectivity index (χ2v) is 3.71. The van der Waals surface area contributed by atoms with Crippen molar-refractivity contribution in [1.82, 2.24) is 10.3 Å². The molecular formula is C10H13ClN2O2. The fourth-order valence-electron chi connectivity index (χ4n) is 1.11. The average Bonchev–Trinajstić information content (AvgIpc) is 2.14. The number of halogens is 1. The van der Waals surface area contributed by atoms with Crippen molar-refractivity contribution >= 4 is 17.5 Å². The number of hydrogen-bond acceptors (Lipinski definition) is 3. The minimum Gasteiger partial charge on any atom is -0.392 e. The number of aromatic nitrogens is 1. The third kappa shape index (κ3) is 3.49. The summed E-state index contributed by atoms with van der Waals surface area (Å²) in [6.45, 7) is 3.54. The first-order valence-corrected chi connectivity index (χ1v) is 4.98. The van der Waals surface area contributed by atoms with E-state index in [9.17, 15) is 4.79 Å². The van der Waals surface area contributed by atoms with E-state index < -0.39 is 6.10 Å². The molecule has 0 aliphatic rings. The Bertz CT molecular complexity index is 366. The number of aliphatic hydroxyl groups excluding tert-OH is 1. The maximum absolute atomic E-state index is 11.6. The van der Waals surface area contributed by atoms with Gasteiger partial charge in [-0.2, -0.15) is 0 Å². The lowest BCUT2D eigenvalue weighted by molar-refractivity contribution is 0.0923. The summed E-state index contributed by atoms with van der Waals surface area (Å²) < 4.78 is 0. The van der Waals surface area contributed by atoms with Gasteiger partial charge in [-0.15, -0.1) is 0 Å². The number of amides is 1. The van der Waals surface area contributed by atoms with Crippen molar-refractivity contribution in [1.29, 1.82) is 0 Å². The summed E-state index contributed by atoms with van der Waals surface area (Å²) >= 11 is 5.67. The first kappa shape index (κ1) is 11.9. The van der Waals surface area contributed by atoms with Gasteiger partial charge >= 0.3 is 0 Å². The molecule has 82 valence electrons. The van der Waals surface area contributed by atoms with Crippen LogP contribution >= 0.6 is 11.6 Å². The van der Waals surface area contributed by atoms with Gasteiger partial charge in [0.25, 0.3) is 5.91 Å². The SMILES string of the molecule is Cc1nc(Cl)ccc1C(=O)NCC(C)O. The summed E-state index contributed by atoms with van der Waals surface area (Å²) in [5.41, 5.74) is 1.05. The number of nitrogens with one attached hydrogen (secondary N) is 1. The lowest BCUT2D eigenvalue weighted by Gasteiger charge is -2.08. The first-order valence-electron chi connectivity index (χ1n) is 4.60. The van der Waals surface area contributed by atoms with Crippen LogP contribution in [0.3, 0.4) is 0 Å². The van der Waals surface area contributed by atoms with Crippen molar-refractivity contribution in [2.24, 2.45) is 0 Å². The van der Waals surface area contributed by atoms with Crippen LogP contribution in [0.25, 0.3) is 0 Å². The van der Waals surface area contributed by atoms with Gasteiger partial charge in [0.2, 0.25) is 0 Å². The number of rotatable bonds is 3. The summed E-state index contributed by atoms with van der Waals surface area (Å²) in [6, 6.07) is 3.17. The van der Waals surface area contributed by atoms with Crippen LogP contribution in [0.4, 0.5) is 0 Å². The zero-order valence-electron chi connectivity index (χ0n) is 8.62. The van der Waals surface area contributed by atoms with Gasteiger partial charge in [-0.25, -0.2) is 4.98 Å². The van der Waals surface area contributed by atoms with Crippen LogP contribution < -0.4 is 5.32 Å². The summed E-state index contributed by atoms with van der Waals surface area (Å²) in [6.07, 6.45) is -0.561. The third-order valence-corrected chi connectivity index (χ3v) is 2.06. The molecule has 2 N–H and O–H groups in total. The molecule has 1 heterocycles. The molecule has 5 heteroatoms. The molecule has 0 fully saturated rings. The van der Waals surface area contributed by atoms with E-state index >= 15 is 0 Å². The van der Waals surface area contributed by atoms with Crippen molar-refractivity contribution < 1.29 is 9.90 Å². The van der Waals surface area contributed by atoms with Crippen LogP contribution in [0.2, 0.25) is 5.15 Å². The standard InChI is InChI=1S/C10H13ClN2O2/c1-6(14)5-12-10(15)8-3-4-9(11)13-7(8)2/h3-4,6,14H,5H2,1-2H3,(H,12,15). The minimum absolute atomic E-state index is 0.223. The third-order valence-electron chi connectivity index (χ3n) is 1.85.